The van der Waals surface area contributed by atoms with Crippen LogP contribution in [0.1, 0.15) is 90.4 Å². The van der Waals surface area contributed by atoms with Crippen molar-refractivity contribution >= 4 is 14.3 Å². The average Bonchev–Trinajstić information content (AvgIpc) is 2.58. The van der Waals surface area contributed by atoms with Crippen molar-refractivity contribution < 1.29 is 14.0 Å². The number of carbonyl (C=O) groups is 1. The smallest absolute Gasteiger partial charge is 0.305 e. The van der Waals surface area contributed by atoms with Crippen molar-refractivity contribution in [1.82, 2.24) is 0 Å². The SMILES string of the molecule is CCCCCCCC(/C=C\CCCCCCCC(=O)OC)O[Si](C)(C)C. The van der Waals surface area contributed by atoms with Gasteiger partial charge in [0.05, 0.1) is 13.2 Å². The highest BCUT2D eigenvalue weighted by atomic mass is 28.4. The maximum Gasteiger partial charge on any atom is 0.305 e. The standard InChI is InChI=1S/C22H44O3Si/c1-6-7-8-12-15-18-21(25-26(3,4)5)19-16-13-10-9-11-14-17-20-22(23)24-2/h16,19,21H,6-15,17-18,20H2,1-5H3/b19-16-. The third-order valence-corrected chi connectivity index (χ3v) is 5.44. The van der Waals surface area contributed by atoms with E-state index in [0.717, 1.165) is 25.7 Å². The lowest BCUT2D eigenvalue weighted by atomic mass is 10.1. The Balaban J connectivity index is 3.88. The fourth-order valence-corrected chi connectivity index (χ4v) is 4.11. The van der Waals surface area contributed by atoms with Crippen LogP contribution in [0.2, 0.25) is 19.6 Å². The van der Waals surface area contributed by atoms with Crippen LogP contribution in [0.4, 0.5) is 0 Å². The van der Waals surface area contributed by atoms with Crippen LogP contribution in [0.5, 0.6) is 0 Å². The van der Waals surface area contributed by atoms with E-state index in [1.807, 2.05) is 0 Å². The van der Waals surface area contributed by atoms with Gasteiger partial charge in [0.1, 0.15) is 0 Å². The fraction of sp³-hybridized carbons (Fsp3) is 0.864. The molecule has 0 bridgehead atoms. The van der Waals surface area contributed by atoms with Crippen molar-refractivity contribution in [2.75, 3.05) is 7.11 Å². The van der Waals surface area contributed by atoms with Crippen molar-refractivity contribution in [3.8, 4) is 0 Å². The van der Waals surface area contributed by atoms with Gasteiger partial charge in [-0.2, -0.15) is 0 Å². The molecule has 1 unspecified atom stereocenters. The van der Waals surface area contributed by atoms with Crippen molar-refractivity contribution in [2.24, 2.45) is 0 Å². The molecule has 0 aliphatic rings. The Kier molecular flexibility index (Phi) is 16.2. The molecular formula is C22H44O3Si. The Morgan fingerprint density at radius 1 is 0.923 bits per heavy atom. The summed E-state index contributed by atoms with van der Waals surface area (Å²) in [7, 11) is -0.0302. The van der Waals surface area contributed by atoms with Crippen molar-refractivity contribution in [3.05, 3.63) is 12.2 Å². The number of rotatable bonds is 17. The number of carbonyl (C=O) groups excluding carboxylic acids is 1. The predicted molar refractivity (Wildman–Crippen MR) is 115 cm³/mol. The summed E-state index contributed by atoms with van der Waals surface area (Å²) in [5, 5.41) is 0. The molecule has 0 spiro atoms. The third-order valence-electron chi connectivity index (χ3n) is 4.43. The molecule has 0 aliphatic heterocycles. The molecule has 0 saturated heterocycles. The lowest BCUT2D eigenvalue weighted by Crippen LogP contribution is -2.31. The third kappa shape index (κ3) is 18.2. The lowest BCUT2D eigenvalue weighted by Gasteiger charge is -2.24. The van der Waals surface area contributed by atoms with E-state index < -0.39 is 8.32 Å². The van der Waals surface area contributed by atoms with Gasteiger partial charge in [0.15, 0.2) is 8.32 Å². The van der Waals surface area contributed by atoms with Gasteiger partial charge in [0, 0.05) is 6.42 Å². The second kappa shape index (κ2) is 16.6. The summed E-state index contributed by atoms with van der Waals surface area (Å²) in [5.74, 6) is -0.0870. The molecule has 0 aromatic heterocycles. The molecule has 0 radical (unpaired) electrons. The van der Waals surface area contributed by atoms with Crippen LogP contribution in [0, 0.1) is 0 Å². The van der Waals surface area contributed by atoms with Gasteiger partial charge in [0.2, 0.25) is 0 Å². The molecule has 0 aromatic carbocycles. The molecule has 0 amide bonds. The molecule has 0 N–H and O–H groups in total. The van der Waals surface area contributed by atoms with Crippen LogP contribution >= 0.6 is 0 Å². The predicted octanol–water partition coefficient (Wildman–Crippen LogP) is 7.03. The number of allylic oxidation sites excluding steroid dienone is 1. The zero-order chi connectivity index (χ0) is 19.7. The average molecular weight is 385 g/mol. The Morgan fingerprint density at radius 3 is 2.19 bits per heavy atom. The maximum absolute atomic E-state index is 11.0. The summed E-state index contributed by atoms with van der Waals surface area (Å²) >= 11 is 0. The molecule has 26 heavy (non-hydrogen) atoms. The zero-order valence-electron chi connectivity index (χ0n) is 18.1. The first kappa shape index (κ1) is 25.4. The molecule has 3 nitrogen and oxygen atoms in total. The maximum atomic E-state index is 11.0. The number of esters is 1. The van der Waals surface area contributed by atoms with E-state index >= 15 is 0 Å². The van der Waals surface area contributed by atoms with Crippen molar-refractivity contribution in [1.29, 1.82) is 0 Å². The molecule has 0 aliphatic carbocycles. The van der Waals surface area contributed by atoms with Gasteiger partial charge in [-0.1, -0.05) is 70.4 Å². The highest BCUT2D eigenvalue weighted by Gasteiger charge is 2.19. The van der Waals surface area contributed by atoms with Gasteiger partial charge in [-0.05, 0) is 45.3 Å². The summed E-state index contributed by atoms with van der Waals surface area (Å²) in [6.07, 6.45) is 20.2. The van der Waals surface area contributed by atoms with Gasteiger partial charge in [-0.25, -0.2) is 0 Å². The zero-order valence-corrected chi connectivity index (χ0v) is 19.1. The van der Waals surface area contributed by atoms with E-state index in [1.165, 1.54) is 58.5 Å². The van der Waals surface area contributed by atoms with Crippen LogP contribution in [0.3, 0.4) is 0 Å². The second-order valence-electron chi connectivity index (χ2n) is 8.28. The first-order valence-corrected chi connectivity index (χ1v) is 14.2. The van der Waals surface area contributed by atoms with E-state index in [2.05, 4.69) is 43.5 Å². The van der Waals surface area contributed by atoms with Crippen LogP contribution in [0.25, 0.3) is 0 Å². The molecule has 0 saturated carbocycles. The van der Waals surface area contributed by atoms with E-state index in [9.17, 15) is 4.79 Å². The quantitative estimate of drug-likeness (QED) is 0.117. The summed E-state index contributed by atoms with van der Waals surface area (Å²) < 4.78 is 11.0. The number of unbranched alkanes of at least 4 members (excludes halogenated alkanes) is 9. The van der Waals surface area contributed by atoms with Gasteiger partial charge >= 0.3 is 5.97 Å². The van der Waals surface area contributed by atoms with E-state index in [0.29, 0.717) is 12.5 Å². The Bertz CT molecular complexity index is 361. The molecule has 0 rings (SSSR count). The highest BCUT2D eigenvalue weighted by Crippen LogP contribution is 2.16. The molecule has 0 aromatic rings. The molecule has 0 heterocycles. The Morgan fingerprint density at radius 2 is 1.54 bits per heavy atom. The van der Waals surface area contributed by atoms with Crippen molar-refractivity contribution in [2.45, 2.75) is 116 Å². The number of hydrogen-bond donors (Lipinski definition) is 0. The topological polar surface area (TPSA) is 35.5 Å². The Labute approximate surface area is 164 Å². The molecule has 0 fully saturated rings. The highest BCUT2D eigenvalue weighted by molar-refractivity contribution is 6.69. The first-order valence-electron chi connectivity index (χ1n) is 10.8. The number of hydrogen-bond acceptors (Lipinski definition) is 3. The van der Waals surface area contributed by atoms with Crippen LogP contribution < -0.4 is 0 Å². The van der Waals surface area contributed by atoms with E-state index in [1.54, 1.807) is 0 Å². The van der Waals surface area contributed by atoms with Gasteiger partial charge < -0.3 is 9.16 Å². The van der Waals surface area contributed by atoms with Crippen LogP contribution in [0.15, 0.2) is 12.2 Å². The molecule has 154 valence electrons. The minimum absolute atomic E-state index is 0.0870. The molecule has 4 heteroatoms. The van der Waals surface area contributed by atoms with Gasteiger partial charge in [0.25, 0.3) is 0 Å². The summed E-state index contributed by atoms with van der Waals surface area (Å²) in [5.41, 5.74) is 0. The number of ether oxygens (including phenoxy) is 1. The minimum Gasteiger partial charge on any atom is -0.469 e. The largest absolute Gasteiger partial charge is 0.469 e. The van der Waals surface area contributed by atoms with Crippen LogP contribution in [-0.4, -0.2) is 27.5 Å². The summed E-state index contributed by atoms with van der Waals surface area (Å²) in [6, 6.07) is 0. The summed E-state index contributed by atoms with van der Waals surface area (Å²) in [6.45, 7) is 9.09. The minimum atomic E-state index is -1.49. The van der Waals surface area contributed by atoms with E-state index in [-0.39, 0.29) is 5.97 Å². The molecule has 1 atom stereocenters. The summed E-state index contributed by atoms with van der Waals surface area (Å²) in [4.78, 5) is 11.0. The van der Waals surface area contributed by atoms with Gasteiger partial charge in [-0.3, -0.25) is 4.79 Å². The lowest BCUT2D eigenvalue weighted by molar-refractivity contribution is -0.140. The second-order valence-corrected chi connectivity index (χ2v) is 12.7. The van der Waals surface area contributed by atoms with Crippen LogP contribution in [-0.2, 0) is 14.0 Å². The monoisotopic (exact) mass is 384 g/mol. The Hall–Kier alpha value is -0.613. The fourth-order valence-electron chi connectivity index (χ4n) is 3.01. The molecular weight excluding hydrogens is 340 g/mol. The first-order chi connectivity index (χ1) is 12.4. The van der Waals surface area contributed by atoms with Crippen molar-refractivity contribution in [3.63, 3.8) is 0 Å². The number of methoxy groups -OCH3 is 1. The normalized spacial score (nSPS) is 13.3. The van der Waals surface area contributed by atoms with Gasteiger partial charge in [-0.15, -0.1) is 0 Å². The van der Waals surface area contributed by atoms with E-state index in [4.69, 9.17) is 4.43 Å².